The van der Waals surface area contributed by atoms with Crippen molar-refractivity contribution in [3.05, 3.63) is 88.7 Å². The number of methoxy groups -OCH3 is 1. The summed E-state index contributed by atoms with van der Waals surface area (Å²) in [5.41, 5.74) is 4.77. The maximum atomic E-state index is 13.0. The first-order chi connectivity index (χ1) is 17.5. The molecule has 0 fully saturated rings. The van der Waals surface area contributed by atoms with Crippen LogP contribution in [0.4, 0.5) is 18.9 Å². The van der Waals surface area contributed by atoms with Crippen LogP contribution in [0.5, 0.6) is 5.75 Å². The van der Waals surface area contributed by atoms with E-state index in [1.54, 1.807) is 26.2 Å². The predicted molar refractivity (Wildman–Crippen MR) is 135 cm³/mol. The van der Waals surface area contributed by atoms with Gasteiger partial charge in [0.25, 0.3) is 5.91 Å². The molecule has 1 amide bonds. The molecular weight excluding hydrogens is 483 g/mol. The SMILES string of the molecule is COc1ccc(-c2nc(C)c(C(=O)Nc3cccc(CC(F)(F)F)c3)n2O)cc1-c1c(C)cccc1C. The number of carbonyl (C=O) groups excluding carboxylic acids is 1. The number of rotatable bonds is 6. The molecule has 4 rings (SSSR count). The zero-order chi connectivity index (χ0) is 26.9. The zero-order valence-electron chi connectivity index (χ0n) is 20.8. The number of hydrogen-bond acceptors (Lipinski definition) is 4. The molecule has 4 aromatic rings. The number of anilines is 1. The lowest BCUT2D eigenvalue weighted by molar-refractivity contribution is -0.127. The fourth-order valence-electron chi connectivity index (χ4n) is 4.43. The van der Waals surface area contributed by atoms with E-state index in [4.69, 9.17) is 4.74 Å². The lowest BCUT2D eigenvalue weighted by Crippen LogP contribution is -2.18. The van der Waals surface area contributed by atoms with E-state index in [-0.39, 0.29) is 28.5 Å². The van der Waals surface area contributed by atoms with Crippen LogP contribution in [0.1, 0.15) is 32.9 Å². The standard InChI is InChI=1S/C28H26F3N3O3/c1-16-7-5-8-17(2)24(16)22-14-20(11-12-23(22)37-4)26-32-18(3)25(34(26)36)27(35)33-21-10-6-9-19(13-21)15-28(29,30)31/h5-14,36H,15H2,1-4H3,(H,33,35). The Morgan fingerprint density at radius 1 is 1.03 bits per heavy atom. The number of nitrogens with zero attached hydrogens (tertiary/aromatic N) is 2. The number of aryl methyl sites for hydroxylation is 3. The topological polar surface area (TPSA) is 76.4 Å². The Labute approximate surface area is 212 Å². The highest BCUT2D eigenvalue weighted by atomic mass is 19.4. The van der Waals surface area contributed by atoms with Gasteiger partial charge in [0.05, 0.1) is 19.2 Å². The molecule has 1 aromatic heterocycles. The zero-order valence-corrected chi connectivity index (χ0v) is 20.8. The fraction of sp³-hybridized carbons (Fsp3) is 0.214. The van der Waals surface area contributed by atoms with Gasteiger partial charge in [-0.05, 0) is 73.4 Å². The van der Waals surface area contributed by atoms with Gasteiger partial charge in [-0.1, -0.05) is 30.3 Å². The monoisotopic (exact) mass is 509 g/mol. The molecule has 0 bridgehead atoms. The Kier molecular flexibility index (Phi) is 6.98. The summed E-state index contributed by atoms with van der Waals surface area (Å²) in [4.78, 5) is 17.4. The van der Waals surface area contributed by atoms with Crippen LogP contribution in [-0.4, -0.2) is 34.1 Å². The molecule has 3 aromatic carbocycles. The molecule has 0 unspecified atom stereocenters. The largest absolute Gasteiger partial charge is 0.496 e. The Morgan fingerprint density at radius 2 is 1.70 bits per heavy atom. The number of hydrogen-bond donors (Lipinski definition) is 2. The van der Waals surface area contributed by atoms with Gasteiger partial charge >= 0.3 is 6.18 Å². The van der Waals surface area contributed by atoms with Crippen molar-refractivity contribution in [2.45, 2.75) is 33.4 Å². The number of amides is 1. The van der Waals surface area contributed by atoms with Crippen LogP contribution in [0.25, 0.3) is 22.5 Å². The summed E-state index contributed by atoms with van der Waals surface area (Å²) in [6.07, 6.45) is -5.48. The van der Waals surface area contributed by atoms with Crippen molar-refractivity contribution in [2.75, 3.05) is 12.4 Å². The van der Waals surface area contributed by atoms with Gasteiger partial charge in [0.15, 0.2) is 11.5 Å². The number of nitrogens with one attached hydrogen (secondary N) is 1. The molecule has 0 aliphatic rings. The molecule has 1 heterocycles. The Hall–Kier alpha value is -4.27. The van der Waals surface area contributed by atoms with Gasteiger partial charge in [-0.3, -0.25) is 4.79 Å². The van der Waals surface area contributed by atoms with Gasteiger partial charge in [-0.25, -0.2) is 4.98 Å². The van der Waals surface area contributed by atoms with Crippen molar-refractivity contribution in [3.63, 3.8) is 0 Å². The first-order valence-electron chi connectivity index (χ1n) is 11.5. The summed E-state index contributed by atoms with van der Waals surface area (Å²) in [5, 5.41) is 13.5. The lowest BCUT2D eigenvalue weighted by atomic mass is 9.93. The second-order valence-corrected chi connectivity index (χ2v) is 8.81. The molecule has 0 radical (unpaired) electrons. The Morgan fingerprint density at radius 3 is 2.35 bits per heavy atom. The quantitative estimate of drug-likeness (QED) is 0.282. The van der Waals surface area contributed by atoms with Gasteiger partial charge < -0.3 is 15.3 Å². The third-order valence-corrected chi connectivity index (χ3v) is 6.04. The number of benzene rings is 3. The van der Waals surface area contributed by atoms with Crippen LogP contribution in [0.2, 0.25) is 0 Å². The van der Waals surface area contributed by atoms with E-state index in [1.165, 1.54) is 24.3 Å². The molecule has 0 aliphatic heterocycles. The van der Waals surface area contributed by atoms with Crippen LogP contribution in [0.3, 0.4) is 0 Å². The summed E-state index contributed by atoms with van der Waals surface area (Å²) in [6.45, 7) is 5.57. The number of imidazole rings is 1. The third kappa shape index (κ3) is 5.45. The lowest BCUT2D eigenvalue weighted by Gasteiger charge is -2.15. The molecule has 37 heavy (non-hydrogen) atoms. The molecule has 0 saturated heterocycles. The maximum Gasteiger partial charge on any atom is 0.393 e. The molecule has 2 N–H and O–H groups in total. The maximum absolute atomic E-state index is 13.0. The molecule has 9 heteroatoms. The van der Waals surface area contributed by atoms with Gasteiger partial charge in [0.1, 0.15) is 5.75 Å². The molecule has 0 aliphatic carbocycles. The number of halogens is 3. The van der Waals surface area contributed by atoms with Crippen molar-refractivity contribution in [3.8, 4) is 28.3 Å². The van der Waals surface area contributed by atoms with Crippen molar-refractivity contribution in [1.29, 1.82) is 0 Å². The van der Waals surface area contributed by atoms with Crippen LogP contribution in [0, 0.1) is 20.8 Å². The van der Waals surface area contributed by atoms with Gasteiger partial charge in [0.2, 0.25) is 0 Å². The molecule has 192 valence electrons. The minimum atomic E-state index is -4.37. The third-order valence-electron chi connectivity index (χ3n) is 6.04. The van der Waals surface area contributed by atoms with E-state index >= 15 is 0 Å². The number of carbonyl (C=O) groups is 1. The fourth-order valence-corrected chi connectivity index (χ4v) is 4.43. The summed E-state index contributed by atoms with van der Waals surface area (Å²) in [5.74, 6) is 0.0839. The molecule has 0 spiro atoms. The van der Waals surface area contributed by atoms with E-state index in [0.29, 0.717) is 16.0 Å². The minimum Gasteiger partial charge on any atom is -0.496 e. The summed E-state index contributed by atoms with van der Waals surface area (Å²) in [6, 6.07) is 16.8. The van der Waals surface area contributed by atoms with E-state index < -0.39 is 18.5 Å². The van der Waals surface area contributed by atoms with Crippen molar-refractivity contribution < 1.29 is 27.9 Å². The average molecular weight is 510 g/mol. The van der Waals surface area contributed by atoms with Crippen molar-refractivity contribution in [1.82, 2.24) is 9.71 Å². The number of alkyl halides is 3. The molecule has 0 atom stereocenters. The van der Waals surface area contributed by atoms with Crippen LogP contribution < -0.4 is 10.1 Å². The van der Waals surface area contributed by atoms with Crippen LogP contribution in [0.15, 0.2) is 60.7 Å². The highest BCUT2D eigenvalue weighted by Gasteiger charge is 2.28. The summed E-state index contributed by atoms with van der Waals surface area (Å²) in [7, 11) is 1.58. The average Bonchev–Trinajstić information content (AvgIpc) is 3.11. The molecule has 6 nitrogen and oxygen atoms in total. The second kappa shape index (κ2) is 10.0. The number of aromatic nitrogens is 2. The Balaban J connectivity index is 1.69. The second-order valence-electron chi connectivity index (χ2n) is 8.81. The first kappa shape index (κ1) is 25.8. The van der Waals surface area contributed by atoms with Crippen molar-refractivity contribution >= 4 is 11.6 Å². The molecule has 0 saturated carbocycles. The number of ether oxygens (including phenoxy) is 1. The van der Waals surface area contributed by atoms with E-state index in [1.807, 2.05) is 38.1 Å². The summed E-state index contributed by atoms with van der Waals surface area (Å²) >= 11 is 0. The highest BCUT2D eigenvalue weighted by Crippen LogP contribution is 2.37. The first-order valence-corrected chi connectivity index (χ1v) is 11.5. The van der Waals surface area contributed by atoms with Crippen LogP contribution >= 0.6 is 0 Å². The van der Waals surface area contributed by atoms with Crippen LogP contribution in [-0.2, 0) is 6.42 Å². The highest BCUT2D eigenvalue weighted by molar-refractivity contribution is 6.04. The summed E-state index contributed by atoms with van der Waals surface area (Å²) < 4.78 is 44.6. The van der Waals surface area contributed by atoms with E-state index in [0.717, 1.165) is 22.3 Å². The van der Waals surface area contributed by atoms with Gasteiger partial charge in [-0.15, -0.1) is 0 Å². The normalized spacial score (nSPS) is 11.4. The van der Waals surface area contributed by atoms with Gasteiger partial charge in [-0.2, -0.15) is 17.9 Å². The van der Waals surface area contributed by atoms with E-state index in [9.17, 15) is 23.2 Å². The minimum absolute atomic E-state index is 0.0116. The smallest absolute Gasteiger partial charge is 0.393 e. The predicted octanol–water partition coefficient (Wildman–Crippen LogP) is 6.75. The van der Waals surface area contributed by atoms with Crippen molar-refractivity contribution in [2.24, 2.45) is 0 Å². The molecular formula is C28H26F3N3O3. The van der Waals surface area contributed by atoms with E-state index in [2.05, 4.69) is 10.3 Å². The van der Waals surface area contributed by atoms with Gasteiger partial charge in [0, 0.05) is 16.8 Å². The Bertz CT molecular complexity index is 1460.